The largest absolute Gasteiger partial charge is 0.387 e. The van der Waals surface area contributed by atoms with Crippen molar-refractivity contribution in [3.8, 4) is 0 Å². The van der Waals surface area contributed by atoms with Crippen molar-refractivity contribution in [3.05, 3.63) is 18.5 Å². The van der Waals surface area contributed by atoms with Crippen molar-refractivity contribution in [3.63, 3.8) is 0 Å². The molecule has 0 aromatic carbocycles. The van der Waals surface area contributed by atoms with E-state index in [1.54, 1.807) is 23.6 Å². The Morgan fingerprint density at radius 3 is 3.10 bits per heavy atom. The lowest BCUT2D eigenvalue weighted by molar-refractivity contribution is -0.0241. The van der Waals surface area contributed by atoms with E-state index in [4.69, 9.17) is 4.74 Å². The van der Waals surface area contributed by atoms with E-state index in [1.807, 2.05) is 0 Å². The minimum atomic E-state index is -3.53. The Hall–Kier alpha value is -1.18. The Morgan fingerprint density at radius 2 is 2.30 bits per heavy atom. The SMILES string of the molecule is CNc1ccncc1S(=O)(=O)N1CCOC2CCCC21. The number of nitrogens with one attached hydrogen (secondary N) is 1. The van der Waals surface area contributed by atoms with Crippen LogP contribution < -0.4 is 5.32 Å². The van der Waals surface area contributed by atoms with E-state index in [0.717, 1.165) is 19.3 Å². The summed E-state index contributed by atoms with van der Waals surface area (Å²) in [6.07, 6.45) is 5.89. The van der Waals surface area contributed by atoms with Crippen LogP contribution in [0.5, 0.6) is 0 Å². The van der Waals surface area contributed by atoms with E-state index in [2.05, 4.69) is 10.3 Å². The van der Waals surface area contributed by atoms with E-state index >= 15 is 0 Å². The van der Waals surface area contributed by atoms with Crippen LogP contribution in [0, 0.1) is 0 Å². The van der Waals surface area contributed by atoms with Gasteiger partial charge < -0.3 is 10.1 Å². The fourth-order valence-electron chi connectivity index (χ4n) is 3.11. The highest BCUT2D eigenvalue weighted by Gasteiger charge is 2.42. The summed E-state index contributed by atoms with van der Waals surface area (Å²) in [6.45, 7) is 0.886. The quantitative estimate of drug-likeness (QED) is 0.903. The highest BCUT2D eigenvalue weighted by Crippen LogP contribution is 2.34. The second-order valence-corrected chi connectivity index (χ2v) is 7.00. The summed E-state index contributed by atoms with van der Waals surface area (Å²) in [5, 5.41) is 2.92. The number of sulfonamides is 1. The minimum Gasteiger partial charge on any atom is -0.387 e. The number of rotatable bonds is 3. The van der Waals surface area contributed by atoms with Crippen molar-refractivity contribution in [2.24, 2.45) is 0 Å². The third-order valence-electron chi connectivity index (χ3n) is 4.07. The monoisotopic (exact) mass is 297 g/mol. The number of nitrogens with zero attached hydrogens (tertiary/aromatic N) is 2. The predicted molar refractivity (Wildman–Crippen MR) is 75.1 cm³/mol. The Labute approximate surface area is 119 Å². The normalized spacial score (nSPS) is 27.2. The number of pyridine rings is 1. The summed E-state index contributed by atoms with van der Waals surface area (Å²) < 4.78 is 33.1. The zero-order chi connectivity index (χ0) is 14.2. The van der Waals surface area contributed by atoms with Crippen molar-refractivity contribution < 1.29 is 13.2 Å². The first-order valence-corrected chi connectivity index (χ1v) is 8.34. The van der Waals surface area contributed by atoms with Crippen LogP contribution in [0.15, 0.2) is 23.4 Å². The maximum Gasteiger partial charge on any atom is 0.247 e. The van der Waals surface area contributed by atoms with Crippen LogP contribution in [0.25, 0.3) is 0 Å². The zero-order valence-corrected chi connectivity index (χ0v) is 12.3. The fourth-order valence-corrected chi connectivity index (χ4v) is 4.91. The van der Waals surface area contributed by atoms with Gasteiger partial charge in [-0.25, -0.2) is 8.42 Å². The Kier molecular flexibility index (Phi) is 3.66. The molecule has 2 heterocycles. The Bertz CT molecular complexity index is 590. The van der Waals surface area contributed by atoms with Crippen LogP contribution in [0.1, 0.15) is 19.3 Å². The van der Waals surface area contributed by atoms with E-state index in [9.17, 15) is 8.42 Å². The number of aromatic nitrogens is 1. The third kappa shape index (κ3) is 2.19. The number of hydrogen-bond acceptors (Lipinski definition) is 5. The molecular formula is C13H19N3O3S. The van der Waals surface area contributed by atoms with Gasteiger partial charge in [0.1, 0.15) is 4.90 Å². The van der Waals surface area contributed by atoms with Gasteiger partial charge >= 0.3 is 0 Å². The Morgan fingerprint density at radius 1 is 1.45 bits per heavy atom. The van der Waals surface area contributed by atoms with Crippen LogP contribution in [-0.2, 0) is 14.8 Å². The van der Waals surface area contributed by atoms with Gasteiger partial charge in [-0.3, -0.25) is 4.98 Å². The number of ether oxygens (including phenoxy) is 1. The van der Waals surface area contributed by atoms with Gasteiger partial charge in [-0.05, 0) is 25.3 Å². The lowest BCUT2D eigenvalue weighted by Crippen LogP contribution is -2.51. The molecule has 6 nitrogen and oxygen atoms in total. The number of anilines is 1. The zero-order valence-electron chi connectivity index (χ0n) is 11.4. The number of fused-ring (bicyclic) bond motifs is 1. The minimum absolute atomic E-state index is 0.0290. The van der Waals surface area contributed by atoms with Gasteiger partial charge in [0.2, 0.25) is 10.0 Å². The molecule has 2 unspecified atom stereocenters. The second-order valence-electron chi connectivity index (χ2n) is 5.15. The van der Waals surface area contributed by atoms with Crippen LogP contribution in [-0.4, -0.2) is 50.1 Å². The van der Waals surface area contributed by atoms with Gasteiger partial charge in [0.15, 0.2) is 0 Å². The topological polar surface area (TPSA) is 71.5 Å². The average Bonchev–Trinajstić information content (AvgIpc) is 2.95. The summed E-state index contributed by atoms with van der Waals surface area (Å²) in [7, 11) is -1.82. The van der Waals surface area contributed by atoms with Crippen molar-refractivity contribution in [1.29, 1.82) is 0 Å². The molecule has 1 aliphatic heterocycles. The van der Waals surface area contributed by atoms with Crippen molar-refractivity contribution in [2.45, 2.75) is 36.3 Å². The van der Waals surface area contributed by atoms with Crippen LogP contribution in [0.2, 0.25) is 0 Å². The standard InChI is InChI=1S/C13H19N3O3S/c1-14-10-5-6-15-9-13(10)20(17,18)16-7-8-19-12-4-2-3-11(12)16/h5-6,9,11-12H,2-4,7-8H2,1H3,(H,14,15). The average molecular weight is 297 g/mol. The fraction of sp³-hybridized carbons (Fsp3) is 0.615. The molecule has 3 rings (SSSR count). The third-order valence-corrected chi connectivity index (χ3v) is 6.02. The molecule has 1 aliphatic carbocycles. The van der Waals surface area contributed by atoms with E-state index in [-0.39, 0.29) is 17.0 Å². The molecule has 1 aromatic rings. The van der Waals surface area contributed by atoms with E-state index in [1.165, 1.54) is 6.20 Å². The number of morpholine rings is 1. The van der Waals surface area contributed by atoms with Crippen molar-refractivity contribution >= 4 is 15.7 Å². The molecule has 2 atom stereocenters. The van der Waals surface area contributed by atoms with Gasteiger partial charge in [-0.2, -0.15) is 4.31 Å². The predicted octanol–water partition coefficient (Wildman–Crippen LogP) is 1.07. The molecule has 1 saturated heterocycles. The molecule has 1 aromatic heterocycles. The molecular weight excluding hydrogens is 278 g/mol. The molecule has 0 bridgehead atoms. The summed E-state index contributed by atoms with van der Waals surface area (Å²) in [6, 6.07) is 1.65. The van der Waals surface area contributed by atoms with Crippen LogP contribution in [0.3, 0.4) is 0 Å². The summed E-state index contributed by atoms with van der Waals surface area (Å²) in [5.74, 6) is 0. The first kappa shape index (κ1) is 13.8. The molecule has 0 spiro atoms. The second kappa shape index (κ2) is 5.31. The number of hydrogen-bond donors (Lipinski definition) is 1. The van der Waals surface area contributed by atoms with Gasteiger partial charge in [0, 0.05) is 26.0 Å². The van der Waals surface area contributed by atoms with Crippen LogP contribution in [0.4, 0.5) is 5.69 Å². The highest BCUT2D eigenvalue weighted by atomic mass is 32.2. The molecule has 1 N–H and O–H groups in total. The first-order valence-electron chi connectivity index (χ1n) is 6.90. The van der Waals surface area contributed by atoms with Crippen molar-refractivity contribution in [1.82, 2.24) is 9.29 Å². The molecule has 2 aliphatic rings. The van der Waals surface area contributed by atoms with Gasteiger partial charge in [0.25, 0.3) is 0 Å². The highest BCUT2D eigenvalue weighted by molar-refractivity contribution is 7.89. The molecule has 0 amide bonds. The lowest BCUT2D eigenvalue weighted by Gasteiger charge is -2.36. The van der Waals surface area contributed by atoms with Gasteiger partial charge in [-0.1, -0.05) is 0 Å². The maximum absolute atomic E-state index is 12.9. The van der Waals surface area contributed by atoms with Crippen molar-refractivity contribution in [2.75, 3.05) is 25.5 Å². The Balaban J connectivity index is 1.98. The van der Waals surface area contributed by atoms with E-state index in [0.29, 0.717) is 18.8 Å². The lowest BCUT2D eigenvalue weighted by atomic mass is 10.2. The molecule has 2 fully saturated rings. The van der Waals surface area contributed by atoms with E-state index < -0.39 is 10.0 Å². The summed E-state index contributed by atoms with van der Waals surface area (Å²) in [5.41, 5.74) is 0.584. The summed E-state index contributed by atoms with van der Waals surface area (Å²) in [4.78, 5) is 4.21. The molecule has 110 valence electrons. The molecule has 0 radical (unpaired) electrons. The van der Waals surface area contributed by atoms with Gasteiger partial charge in [-0.15, -0.1) is 0 Å². The maximum atomic E-state index is 12.9. The molecule has 1 saturated carbocycles. The molecule has 7 heteroatoms. The first-order chi connectivity index (χ1) is 9.64. The summed E-state index contributed by atoms with van der Waals surface area (Å²) >= 11 is 0. The van der Waals surface area contributed by atoms with Gasteiger partial charge in [0.05, 0.1) is 24.4 Å². The van der Waals surface area contributed by atoms with Crippen LogP contribution >= 0.6 is 0 Å². The smallest absolute Gasteiger partial charge is 0.247 e. The molecule has 20 heavy (non-hydrogen) atoms.